The standard InChI is InChI=1S/C16H17FN2OS/c1-11(12-3-5-13(17)6-4-12)9-15(20)19-14-7-8-16(21-2)18-10-14/h3-8,10-11H,9H2,1-2H3,(H,19,20). The molecule has 21 heavy (non-hydrogen) atoms. The number of carbonyl (C=O) groups is 1. The third kappa shape index (κ3) is 4.56. The van der Waals surface area contributed by atoms with Crippen molar-refractivity contribution in [3.05, 3.63) is 54.0 Å². The van der Waals surface area contributed by atoms with Crippen LogP contribution in [-0.2, 0) is 4.79 Å². The highest BCUT2D eigenvalue weighted by Gasteiger charge is 2.11. The van der Waals surface area contributed by atoms with Crippen LogP contribution in [0, 0.1) is 5.82 Å². The van der Waals surface area contributed by atoms with Gasteiger partial charge in [-0.15, -0.1) is 11.8 Å². The summed E-state index contributed by atoms with van der Waals surface area (Å²) in [6.45, 7) is 1.95. The van der Waals surface area contributed by atoms with E-state index in [0.717, 1.165) is 10.6 Å². The zero-order valence-corrected chi connectivity index (χ0v) is 12.8. The van der Waals surface area contributed by atoms with Crippen molar-refractivity contribution in [2.45, 2.75) is 24.3 Å². The van der Waals surface area contributed by atoms with Crippen molar-refractivity contribution < 1.29 is 9.18 Å². The summed E-state index contributed by atoms with van der Waals surface area (Å²) in [5, 5.41) is 3.73. The van der Waals surface area contributed by atoms with Gasteiger partial charge in [0.2, 0.25) is 5.91 Å². The molecule has 1 heterocycles. The van der Waals surface area contributed by atoms with E-state index in [4.69, 9.17) is 0 Å². The number of nitrogens with one attached hydrogen (secondary N) is 1. The van der Waals surface area contributed by atoms with Gasteiger partial charge >= 0.3 is 0 Å². The van der Waals surface area contributed by atoms with Gasteiger partial charge in [0.25, 0.3) is 0 Å². The van der Waals surface area contributed by atoms with Gasteiger partial charge in [-0.2, -0.15) is 0 Å². The van der Waals surface area contributed by atoms with Crippen LogP contribution < -0.4 is 5.32 Å². The zero-order valence-electron chi connectivity index (χ0n) is 12.0. The van der Waals surface area contributed by atoms with Crippen molar-refractivity contribution >= 4 is 23.4 Å². The van der Waals surface area contributed by atoms with Gasteiger partial charge < -0.3 is 5.32 Å². The number of carbonyl (C=O) groups excluding carboxylic acids is 1. The molecule has 0 aliphatic carbocycles. The minimum atomic E-state index is -0.268. The van der Waals surface area contributed by atoms with Crippen molar-refractivity contribution in [1.29, 1.82) is 0 Å². The lowest BCUT2D eigenvalue weighted by Crippen LogP contribution is -2.14. The molecule has 0 radical (unpaired) electrons. The Bertz CT molecular complexity index is 599. The first-order valence-electron chi connectivity index (χ1n) is 6.64. The number of pyridine rings is 1. The van der Waals surface area contributed by atoms with Crippen LogP contribution in [0.3, 0.4) is 0 Å². The highest BCUT2D eigenvalue weighted by molar-refractivity contribution is 7.98. The predicted octanol–water partition coefficient (Wildman–Crippen LogP) is 4.07. The molecule has 5 heteroatoms. The number of amides is 1. The van der Waals surface area contributed by atoms with Crippen LogP contribution in [-0.4, -0.2) is 17.1 Å². The van der Waals surface area contributed by atoms with E-state index in [2.05, 4.69) is 10.3 Å². The maximum atomic E-state index is 12.9. The second-order valence-electron chi connectivity index (χ2n) is 4.79. The summed E-state index contributed by atoms with van der Waals surface area (Å²) in [5.74, 6) is -0.315. The fraction of sp³-hybridized carbons (Fsp3) is 0.250. The number of aromatic nitrogens is 1. The third-order valence-corrected chi connectivity index (χ3v) is 3.82. The fourth-order valence-electron chi connectivity index (χ4n) is 1.97. The zero-order chi connectivity index (χ0) is 15.2. The van der Waals surface area contributed by atoms with E-state index >= 15 is 0 Å². The van der Waals surface area contributed by atoms with Gasteiger partial charge in [-0.1, -0.05) is 19.1 Å². The number of hydrogen-bond donors (Lipinski definition) is 1. The van der Waals surface area contributed by atoms with E-state index < -0.39 is 0 Å². The number of nitrogens with zero attached hydrogens (tertiary/aromatic N) is 1. The first-order chi connectivity index (χ1) is 10.1. The molecule has 1 aromatic heterocycles. The van der Waals surface area contributed by atoms with Crippen LogP contribution in [0.5, 0.6) is 0 Å². The van der Waals surface area contributed by atoms with Gasteiger partial charge in [0.15, 0.2) is 0 Å². The Kier molecular flexibility index (Phi) is 5.33. The maximum absolute atomic E-state index is 12.9. The minimum absolute atomic E-state index is 0.0315. The van der Waals surface area contributed by atoms with Gasteiger partial charge in [0.1, 0.15) is 5.82 Å². The molecule has 0 bridgehead atoms. The average molecular weight is 304 g/mol. The van der Waals surface area contributed by atoms with Crippen molar-refractivity contribution in [1.82, 2.24) is 4.98 Å². The molecule has 0 aliphatic heterocycles. The molecular formula is C16H17FN2OS. The van der Waals surface area contributed by atoms with E-state index in [9.17, 15) is 9.18 Å². The Balaban J connectivity index is 1.92. The molecule has 0 fully saturated rings. The first-order valence-corrected chi connectivity index (χ1v) is 7.86. The summed E-state index contributed by atoms with van der Waals surface area (Å²) in [4.78, 5) is 16.2. The smallest absolute Gasteiger partial charge is 0.225 e. The summed E-state index contributed by atoms with van der Waals surface area (Å²) in [7, 11) is 0. The number of thioether (sulfide) groups is 1. The predicted molar refractivity (Wildman–Crippen MR) is 84.1 cm³/mol. The topological polar surface area (TPSA) is 42.0 Å². The van der Waals surface area contributed by atoms with Gasteiger partial charge in [0.05, 0.1) is 16.9 Å². The normalized spacial score (nSPS) is 12.0. The Labute approximate surface area is 128 Å². The van der Waals surface area contributed by atoms with E-state index in [1.807, 2.05) is 25.3 Å². The van der Waals surface area contributed by atoms with Crippen molar-refractivity contribution in [2.24, 2.45) is 0 Å². The van der Waals surface area contributed by atoms with Crippen molar-refractivity contribution in [3.63, 3.8) is 0 Å². The number of rotatable bonds is 5. The number of benzene rings is 1. The summed E-state index contributed by atoms with van der Waals surface area (Å²) in [6, 6.07) is 9.94. The Hall–Kier alpha value is -1.88. The molecule has 2 rings (SSSR count). The Morgan fingerprint density at radius 2 is 2.00 bits per heavy atom. The molecule has 0 aliphatic rings. The molecule has 1 N–H and O–H groups in total. The third-order valence-electron chi connectivity index (χ3n) is 3.16. The van der Waals surface area contributed by atoms with Crippen molar-refractivity contribution in [2.75, 3.05) is 11.6 Å². The lowest BCUT2D eigenvalue weighted by atomic mass is 9.97. The summed E-state index contributed by atoms with van der Waals surface area (Å²) in [5.41, 5.74) is 1.63. The maximum Gasteiger partial charge on any atom is 0.225 e. The lowest BCUT2D eigenvalue weighted by molar-refractivity contribution is -0.116. The highest BCUT2D eigenvalue weighted by atomic mass is 32.2. The van der Waals surface area contributed by atoms with Gasteiger partial charge in [0, 0.05) is 6.42 Å². The van der Waals surface area contributed by atoms with E-state index in [-0.39, 0.29) is 17.6 Å². The Morgan fingerprint density at radius 1 is 1.29 bits per heavy atom. The summed E-state index contributed by atoms with van der Waals surface area (Å²) in [6.07, 6.45) is 3.94. The minimum Gasteiger partial charge on any atom is -0.325 e. The molecule has 1 aromatic carbocycles. The summed E-state index contributed by atoms with van der Waals surface area (Å²) >= 11 is 1.55. The largest absolute Gasteiger partial charge is 0.325 e. The second-order valence-corrected chi connectivity index (χ2v) is 5.62. The van der Waals surface area contributed by atoms with Crippen LogP contribution >= 0.6 is 11.8 Å². The van der Waals surface area contributed by atoms with E-state index in [0.29, 0.717) is 12.1 Å². The fourth-order valence-corrected chi connectivity index (χ4v) is 2.34. The molecule has 0 spiro atoms. The molecule has 1 amide bonds. The number of hydrogen-bond acceptors (Lipinski definition) is 3. The van der Waals surface area contributed by atoms with Gasteiger partial charge in [-0.25, -0.2) is 9.37 Å². The molecule has 2 aromatic rings. The monoisotopic (exact) mass is 304 g/mol. The highest BCUT2D eigenvalue weighted by Crippen LogP contribution is 2.20. The molecule has 3 nitrogen and oxygen atoms in total. The van der Waals surface area contributed by atoms with E-state index in [1.54, 1.807) is 30.1 Å². The van der Waals surface area contributed by atoms with Crippen LogP contribution in [0.1, 0.15) is 24.8 Å². The molecule has 1 unspecified atom stereocenters. The molecule has 0 saturated heterocycles. The first kappa shape index (κ1) is 15.5. The second kappa shape index (κ2) is 7.22. The molecular weight excluding hydrogens is 287 g/mol. The Morgan fingerprint density at radius 3 is 2.57 bits per heavy atom. The molecule has 0 saturated carbocycles. The van der Waals surface area contributed by atoms with Crippen LogP contribution in [0.15, 0.2) is 47.6 Å². The SMILES string of the molecule is CSc1ccc(NC(=O)CC(C)c2ccc(F)cc2)cn1. The lowest BCUT2D eigenvalue weighted by Gasteiger charge is -2.12. The van der Waals surface area contributed by atoms with Gasteiger partial charge in [-0.3, -0.25) is 4.79 Å². The summed E-state index contributed by atoms with van der Waals surface area (Å²) < 4.78 is 12.9. The van der Waals surface area contributed by atoms with Crippen LogP contribution in [0.25, 0.3) is 0 Å². The average Bonchev–Trinajstić information content (AvgIpc) is 2.48. The molecule has 1 atom stereocenters. The van der Waals surface area contributed by atoms with Gasteiger partial charge in [-0.05, 0) is 42.0 Å². The molecule has 110 valence electrons. The number of halogens is 1. The number of anilines is 1. The van der Waals surface area contributed by atoms with Crippen molar-refractivity contribution in [3.8, 4) is 0 Å². The van der Waals surface area contributed by atoms with Crippen LogP contribution in [0.2, 0.25) is 0 Å². The quantitative estimate of drug-likeness (QED) is 0.847. The van der Waals surface area contributed by atoms with E-state index in [1.165, 1.54) is 12.1 Å². The van der Waals surface area contributed by atoms with Crippen LogP contribution in [0.4, 0.5) is 10.1 Å².